The van der Waals surface area contributed by atoms with Crippen LogP contribution >= 0.6 is 11.6 Å². The van der Waals surface area contributed by atoms with Crippen LogP contribution in [0.1, 0.15) is 22.8 Å². The fourth-order valence-corrected chi connectivity index (χ4v) is 2.59. The maximum absolute atomic E-state index is 13.0. The van der Waals surface area contributed by atoms with E-state index in [1.165, 1.54) is 30.3 Å². The monoisotopic (exact) mass is 358 g/mol. The molecule has 0 fully saturated rings. The van der Waals surface area contributed by atoms with Crippen LogP contribution in [0.25, 0.3) is 6.08 Å². The van der Waals surface area contributed by atoms with Crippen molar-refractivity contribution in [3.63, 3.8) is 0 Å². The predicted octanol–water partition coefficient (Wildman–Crippen LogP) is 3.98. The lowest BCUT2D eigenvalue weighted by Crippen LogP contribution is -2.21. The fraction of sp³-hybridized carbons (Fsp3) is 0.0556. The summed E-state index contributed by atoms with van der Waals surface area (Å²) in [6.45, 7) is 1.67. The second-order valence-corrected chi connectivity index (χ2v) is 5.79. The summed E-state index contributed by atoms with van der Waals surface area (Å²) >= 11 is 5.85. The Labute approximate surface area is 147 Å². The predicted molar refractivity (Wildman–Crippen MR) is 93.4 cm³/mol. The first-order valence-electron chi connectivity index (χ1n) is 7.27. The number of carbonyl (C=O) groups excluding carboxylic acids is 1. The van der Waals surface area contributed by atoms with E-state index < -0.39 is 11.9 Å². The van der Waals surface area contributed by atoms with E-state index in [-0.39, 0.29) is 16.4 Å². The van der Waals surface area contributed by atoms with Crippen LogP contribution in [0.2, 0.25) is 5.02 Å². The van der Waals surface area contributed by atoms with E-state index in [9.17, 15) is 14.0 Å². The number of carboxylic acid groups (broad SMARTS) is 1. The third kappa shape index (κ3) is 3.29. The Morgan fingerprint density at radius 1 is 1.24 bits per heavy atom. The third-order valence-corrected chi connectivity index (χ3v) is 4.00. The number of rotatable bonds is 3. The van der Waals surface area contributed by atoms with E-state index in [2.05, 4.69) is 5.10 Å². The molecule has 0 saturated carbocycles. The number of nitrogens with zero attached hydrogens (tertiary/aromatic N) is 2. The maximum Gasteiger partial charge on any atom is 0.337 e. The van der Waals surface area contributed by atoms with Crippen LogP contribution in [0.3, 0.4) is 0 Å². The fourth-order valence-electron chi connectivity index (χ4n) is 2.39. The van der Waals surface area contributed by atoms with Crippen LogP contribution < -0.4 is 5.01 Å². The van der Waals surface area contributed by atoms with Crippen LogP contribution in [0.15, 0.2) is 53.1 Å². The van der Waals surface area contributed by atoms with Gasteiger partial charge in [0.1, 0.15) is 5.82 Å². The Bertz CT molecular complexity index is 936. The topological polar surface area (TPSA) is 70.0 Å². The molecule has 0 radical (unpaired) electrons. The highest BCUT2D eigenvalue weighted by atomic mass is 35.5. The number of halogens is 2. The molecule has 3 rings (SSSR count). The van der Waals surface area contributed by atoms with Gasteiger partial charge in [0.2, 0.25) is 0 Å². The van der Waals surface area contributed by atoms with Crippen LogP contribution in [0, 0.1) is 5.82 Å². The zero-order chi connectivity index (χ0) is 18.1. The second-order valence-electron chi connectivity index (χ2n) is 5.38. The normalized spacial score (nSPS) is 15.6. The van der Waals surface area contributed by atoms with Gasteiger partial charge in [-0.05, 0) is 48.9 Å². The van der Waals surface area contributed by atoms with Crippen molar-refractivity contribution in [2.24, 2.45) is 5.10 Å². The number of carbonyl (C=O) groups is 2. The largest absolute Gasteiger partial charge is 0.478 e. The van der Waals surface area contributed by atoms with Crippen LogP contribution in [-0.4, -0.2) is 22.7 Å². The molecule has 0 spiro atoms. The summed E-state index contributed by atoms with van der Waals surface area (Å²) in [4.78, 5) is 23.8. The lowest BCUT2D eigenvalue weighted by molar-refractivity contribution is -0.114. The zero-order valence-electron chi connectivity index (χ0n) is 13.0. The second kappa shape index (κ2) is 6.49. The first-order valence-corrected chi connectivity index (χ1v) is 7.65. The molecule has 7 heteroatoms. The summed E-state index contributed by atoms with van der Waals surface area (Å²) in [6.07, 6.45) is 1.61. The Balaban J connectivity index is 1.96. The minimum Gasteiger partial charge on any atom is -0.478 e. The molecule has 0 saturated heterocycles. The van der Waals surface area contributed by atoms with Crippen LogP contribution in [-0.2, 0) is 4.79 Å². The van der Waals surface area contributed by atoms with E-state index in [4.69, 9.17) is 16.7 Å². The molecule has 25 heavy (non-hydrogen) atoms. The van der Waals surface area contributed by atoms with E-state index in [0.717, 1.165) is 5.01 Å². The maximum atomic E-state index is 13.0. The van der Waals surface area contributed by atoms with Crippen molar-refractivity contribution in [1.82, 2.24) is 0 Å². The molecule has 0 aliphatic carbocycles. The van der Waals surface area contributed by atoms with Gasteiger partial charge in [-0.2, -0.15) is 10.1 Å². The molecular formula is C18H12ClFN2O3. The standard InChI is InChI=1S/C18H12ClFN2O3/c1-10-14(8-11-2-4-12(20)5-3-11)17(23)22(21-10)13-6-7-16(19)15(9-13)18(24)25/h2-9H,1H3,(H,24,25)/b14-8-. The summed E-state index contributed by atoms with van der Waals surface area (Å²) in [5.74, 6) is -1.96. The van der Waals surface area contributed by atoms with Crippen molar-refractivity contribution < 1.29 is 19.1 Å². The van der Waals surface area contributed by atoms with E-state index in [1.54, 1.807) is 25.1 Å². The first-order chi connectivity index (χ1) is 11.9. The minimum atomic E-state index is -1.19. The Hall–Kier alpha value is -2.99. The van der Waals surface area contributed by atoms with Crippen molar-refractivity contribution in [1.29, 1.82) is 0 Å². The minimum absolute atomic E-state index is 0.0747. The molecule has 1 aliphatic rings. The molecule has 0 bridgehead atoms. The van der Waals surface area contributed by atoms with E-state index >= 15 is 0 Å². The molecule has 1 N–H and O–H groups in total. The van der Waals surface area contributed by atoms with Crippen molar-refractivity contribution >= 4 is 41.0 Å². The highest BCUT2D eigenvalue weighted by molar-refractivity contribution is 6.34. The number of hydrogen-bond donors (Lipinski definition) is 1. The van der Waals surface area contributed by atoms with Crippen LogP contribution in [0.5, 0.6) is 0 Å². The summed E-state index contributed by atoms with van der Waals surface area (Å²) in [6, 6.07) is 9.92. The lowest BCUT2D eigenvalue weighted by atomic mass is 10.1. The Kier molecular flexibility index (Phi) is 4.37. The SMILES string of the molecule is CC1=NN(c2ccc(Cl)c(C(=O)O)c2)C(=O)/C1=C\c1ccc(F)cc1. The highest BCUT2D eigenvalue weighted by Gasteiger charge is 2.29. The van der Waals surface area contributed by atoms with Gasteiger partial charge >= 0.3 is 5.97 Å². The van der Waals surface area contributed by atoms with Gasteiger partial charge in [0.15, 0.2) is 0 Å². The molecule has 1 amide bonds. The zero-order valence-corrected chi connectivity index (χ0v) is 13.8. The van der Waals surface area contributed by atoms with Crippen molar-refractivity contribution in [2.45, 2.75) is 6.92 Å². The third-order valence-electron chi connectivity index (χ3n) is 3.67. The number of hydrogen-bond acceptors (Lipinski definition) is 3. The molecule has 2 aromatic rings. The van der Waals surface area contributed by atoms with Crippen molar-refractivity contribution in [2.75, 3.05) is 5.01 Å². The van der Waals surface area contributed by atoms with Crippen molar-refractivity contribution in [3.8, 4) is 0 Å². The van der Waals surface area contributed by atoms with E-state index in [0.29, 0.717) is 22.5 Å². The summed E-state index contributed by atoms with van der Waals surface area (Å²) in [5.41, 5.74) is 1.66. The molecule has 1 heterocycles. The number of amides is 1. The van der Waals surface area contributed by atoms with Gasteiger partial charge in [0, 0.05) is 0 Å². The molecule has 2 aromatic carbocycles. The van der Waals surface area contributed by atoms with Gasteiger partial charge in [0.25, 0.3) is 5.91 Å². The number of aromatic carboxylic acids is 1. The number of anilines is 1. The Morgan fingerprint density at radius 2 is 1.92 bits per heavy atom. The first kappa shape index (κ1) is 16.9. The average Bonchev–Trinajstić information content (AvgIpc) is 2.85. The summed E-state index contributed by atoms with van der Waals surface area (Å²) < 4.78 is 13.0. The van der Waals surface area contributed by atoms with Crippen molar-refractivity contribution in [3.05, 3.63) is 70.0 Å². The molecule has 0 unspecified atom stereocenters. The average molecular weight is 359 g/mol. The highest BCUT2D eigenvalue weighted by Crippen LogP contribution is 2.28. The van der Waals surface area contributed by atoms with Gasteiger partial charge in [-0.1, -0.05) is 23.7 Å². The molecule has 0 atom stereocenters. The molecular weight excluding hydrogens is 347 g/mol. The molecule has 126 valence electrons. The van der Waals surface area contributed by atoms with Gasteiger partial charge in [-0.3, -0.25) is 4.79 Å². The summed E-state index contributed by atoms with van der Waals surface area (Å²) in [5, 5.41) is 14.5. The van der Waals surface area contributed by atoms with Gasteiger partial charge in [-0.25, -0.2) is 9.18 Å². The Morgan fingerprint density at radius 3 is 2.56 bits per heavy atom. The molecule has 1 aliphatic heterocycles. The lowest BCUT2D eigenvalue weighted by Gasteiger charge is -2.13. The van der Waals surface area contributed by atoms with Gasteiger partial charge < -0.3 is 5.11 Å². The van der Waals surface area contributed by atoms with E-state index in [1.807, 2.05) is 0 Å². The van der Waals surface area contributed by atoms with Gasteiger partial charge in [-0.15, -0.1) is 0 Å². The number of carboxylic acids is 1. The van der Waals surface area contributed by atoms with Gasteiger partial charge in [0.05, 0.1) is 27.6 Å². The number of hydrazone groups is 1. The quantitative estimate of drug-likeness (QED) is 0.843. The molecule has 5 nitrogen and oxygen atoms in total. The smallest absolute Gasteiger partial charge is 0.337 e. The van der Waals surface area contributed by atoms with Crippen LogP contribution in [0.4, 0.5) is 10.1 Å². The summed E-state index contributed by atoms with van der Waals surface area (Å²) in [7, 11) is 0. The molecule has 0 aromatic heterocycles. The number of benzene rings is 2.